The van der Waals surface area contributed by atoms with Crippen molar-refractivity contribution in [1.29, 1.82) is 0 Å². The van der Waals surface area contributed by atoms with Crippen LogP contribution < -0.4 is 10.6 Å². The number of anilines is 1. The van der Waals surface area contributed by atoms with Gasteiger partial charge >= 0.3 is 0 Å². The Balaban J connectivity index is 1.36. The molecule has 1 aliphatic rings. The number of amides is 1. The average molecular weight is 385 g/mol. The van der Waals surface area contributed by atoms with E-state index in [9.17, 15) is 4.79 Å². The van der Waals surface area contributed by atoms with E-state index in [2.05, 4.69) is 33.8 Å². The van der Waals surface area contributed by atoms with Crippen LogP contribution in [-0.2, 0) is 16.1 Å². The van der Waals surface area contributed by atoms with Crippen molar-refractivity contribution in [1.82, 2.24) is 15.5 Å². The maximum atomic E-state index is 11.9. The number of aromatic nitrogens is 2. The summed E-state index contributed by atoms with van der Waals surface area (Å²) in [5.74, 6) is 0.363. The summed E-state index contributed by atoms with van der Waals surface area (Å²) >= 11 is 4.55. The number of ether oxygens (including phenoxy) is 1. The van der Waals surface area contributed by atoms with Crippen molar-refractivity contribution in [2.45, 2.75) is 36.8 Å². The van der Waals surface area contributed by atoms with Crippen LogP contribution in [-0.4, -0.2) is 41.1 Å². The third kappa shape index (κ3) is 5.17. The molecule has 1 fully saturated rings. The number of nitrogens with zero attached hydrogens (tertiary/aromatic N) is 2. The van der Waals surface area contributed by atoms with Crippen LogP contribution in [0.25, 0.3) is 0 Å². The fourth-order valence-corrected chi connectivity index (χ4v) is 4.72. The molecule has 3 heterocycles. The van der Waals surface area contributed by atoms with Crippen molar-refractivity contribution < 1.29 is 9.53 Å². The smallest absolute Gasteiger partial charge is 0.230 e. The highest BCUT2D eigenvalue weighted by molar-refractivity contribution is 8.01. The van der Waals surface area contributed by atoms with Crippen LogP contribution in [0.1, 0.15) is 23.3 Å². The summed E-state index contributed by atoms with van der Waals surface area (Å²) in [6.45, 7) is 4.26. The van der Waals surface area contributed by atoms with Crippen molar-refractivity contribution in [3.05, 3.63) is 21.9 Å². The summed E-state index contributed by atoms with van der Waals surface area (Å²) in [5, 5.41) is 17.2. The zero-order valence-corrected chi connectivity index (χ0v) is 15.9. The lowest BCUT2D eigenvalue weighted by atomic mass is 10.2. The summed E-state index contributed by atoms with van der Waals surface area (Å²) in [4.78, 5) is 13.1. The van der Waals surface area contributed by atoms with Crippen LogP contribution in [0.2, 0.25) is 0 Å². The van der Waals surface area contributed by atoms with E-state index in [0.717, 1.165) is 35.5 Å². The van der Waals surface area contributed by atoms with Gasteiger partial charge in [0.05, 0.1) is 18.4 Å². The molecule has 2 aromatic heterocycles. The summed E-state index contributed by atoms with van der Waals surface area (Å²) in [5.41, 5.74) is 1.22. The summed E-state index contributed by atoms with van der Waals surface area (Å²) in [6, 6.07) is 2.06. The highest BCUT2D eigenvalue weighted by atomic mass is 32.2. The molecule has 3 rings (SSSR count). The van der Waals surface area contributed by atoms with E-state index < -0.39 is 0 Å². The molecule has 24 heavy (non-hydrogen) atoms. The minimum absolute atomic E-state index is 0.0110. The molecule has 0 saturated carbocycles. The van der Waals surface area contributed by atoms with Crippen LogP contribution in [0.3, 0.4) is 0 Å². The standard InChI is InChI=1S/C15H20N4O2S3/c1-10-4-6-22-12(10)8-16-13(20)9-23-15-19-18-14(24-15)17-7-11-3-2-5-21-11/h4,6,11H,2-3,5,7-9H2,1H3,(H,16,20)(H,17,18). The fraction of sp³-hybridized carbons (Fsp3) is 0.533. The second-order valence-electron chi connectivity index (χ2n) is 5.48. The molecular weight excluding hydrogens is 364 g/mol. The molecular formula is C15H20N4O2S3. The SMILES string of the molecule is Cc1ccsc1CNC(=O)CSc1nnc(NCC2CCCO2)s1. The summed E-state index contributed by atoms with van der Waals surface area (Å²) < 4.78 is 6.36. The number of hydrogen-bond acceptors (Lipinski definition) is 8. The molecule has 1 unspecified atom stereocenters. The zero-order chi connectivity index (χ0) is 16.8. The number of nitrogens with one attached hydrogen (secondary N) is 2. The van der Waals surface area contributed by atoms with Crippen LogP contribution in [0.5, 0.6) is 0 Å². The molecule has 1 saturated heterocycles. The van der Waals surface area contributed by atoms with Gasteiger partial charge in [0, 0.05) is 18.0 Å². The molecule has 1 atom stereocenters. The Morgan fingerprint density at radius 1 is 1.50 bits per heavy atom. The number of carbonyl (C=O) groups is 1. The van der Waals surface area contributed by atoms with Gasteiger partial charge < -0.3 is 15.4 Å². The van der Waals surface area contributed by atoms with Gasteiger partial charge in [0.2, 0.25) is 11.0 Å². The van der Waals surface area contributed by atoms with Gasteiger partial charge in [-0.15, -0.1) is 21.5 Å². The Morgan fingerprint density at radius 2 is 2.42 bits per heavy atom. The van der Waals surface area contributed by atoms with Gasteiger partial charge in [0.25, 0.3) is 0 Å². The Kier molecular flexibility index (Phi) is 6.47. The van der Waals surface area contributed by atoms with E-state index in [4.69, 9.17) is 4.74 Å². The van der Waals surface area contributed by atoms with Gasteiger partial charge in [-0.1, -0.05) is 23.1 Å². The first-order valence-electron chi connectivity index (χ1n) is 7.82. The van der Waals surface area contributed by atoms with Gasteiger partial charge in [0.15, 0.2) is 4.34 Å². The molecule has 1 amide bonds. The van der Waals surface area contributed by atoms with E-state index in [1.165, 1.54) is 33.5 Å². The van der Waals surface area contributed by atoms with Gasteiger partial charge in [0.1, 0.15) is 0 Å². The minimum atomic E-state index is 0.0110. The lowest BCUT2D eigenvalue weighted by Gasteiger charge is -2.08. The first kappa shape index (κ1) is 17.7. The molecule has 0 aliphatic carbocycles. The van der Waals surface area contributed by atoms with Gasteiger partial charge in [-0.25, -0.2) is 0 Å². The van der Waals surface area contributed by atoms with Gasteiger partial charge in [-0.3, -0.25) is 4.79 Å². The molecule has 0 bridgehead atoms. The van der Waals surface area contributed by atoms with E-state index in [-0.39, 0.29) is 12.0 Å². The predicted molar refractivity (Wildman–Crippen MR) is 99.0 cm³/mol. The maximum absolute atomic E-state index is 11.9. The molecule has 0 spiro atoms. The second-order valence-corrected chi connectivity index (χ2v) is 8.68. The van der Waals surface area contributed by atoms with Gasteiger partial charge in [-0.05, 0) is 36.8 Å². The van der Waals surface area contributed by atoms with Crippen LogP contribution >= 0.6 is 34.4 Å². The number of thiophene rings is 1. The highest BCUT2D eigenvalue weighted by Gasteiger charge is 2.16. The Hall–Kier alpha value is -1.16. The van der Waals surface area contributed by atoms with E-state index in [1.54, 1.807) is 11.3 Å². The fourth-order valence-electron chi connectivity index (χ4n) is 2.29. The summed E-state index contributed by atoms with van der Waals surface area (Å²) in [7, 11) is 0. The zero-order valence-electron chi connectivity index (χ0n) is 13.4. The third-order valence-corrected chi connectivity index (χ3v) is 6.69. The number of hydrogen-bond donors (Lipinski definition) is 2. The lowest BCUT2D eigenvalue weighted by Crippen LogP contribution is -2.24. The highest BCUT2D eigenvalue weighted by Crippen LogP contribution is 2.25. The second kappa shape index (κ2) is 8.80. The van der Waals surface area contributed by atoms with Crippen molar-refractivity contribution in [3.8, 4) is 0 Å². The Bertz CT molecular complexity index is 667. The molecule has 0 radical (unpaired) electrons. The lowest BCUT2D eigenvalue weighted by molar-refractivity contribution is -0.118. The molecule has 2 aromatic rings. The Labute approximate surface area is 153 Å². The van der Waals surface area contributed by atoms with Crippen molar-refractivity contribution >= 4 is 45.5 Å². The maximum Gasteiger partial charge on any atom is 0.230 e. The number of rotatable bonds is 8. The van der Waals surface area contributed by atoms with Crippen molar-refractivity contribution in [2.75, 3.05) is 24.2 Å². The van der Waals surface area contributed by atoms with Gasteiger partial charge in [-0.2, -0.15) is 0 Å². The molecule has 1 aliphatic heterocycles. The minimum Gasteiger partial charge on any atom is -0.376 e. The largest absolute Gasteiger partial charge is 0.376 e. The van der Waals surface area contributed by atoms with Crippen LogP contribution in [0.4, 0.5) is 5.13 Å². The average Bonchev–Trinajstić information content (AvgIpc) is 3.31. The Morgan fingerprint density at radius 3 is 3.17 bits per heavy atom. The molecule has 9 heteroatoms. The molecule has 130 valence electrons. The van der Waals surface area contributed by atoms with E-state index >= 15 is 0 Å². The first-order chi connectivity index (χ1) is 11.7. The van der Waals surface area contributed by atoms with Crippen molar-refractivity contribution in [2.24, 2.45) is 0 Å². The number of thioether (sulfide) groups is 1. The van der Waals surface area contributed by atoms with E-state index in [1.807, 2.05) is 5.38 Å². The van der Waals surface area contributed by atoms with Crippen LogP contribution in [0.15, 0.2) is 15.8 Å². The molecule has 6 nitrogen and oxygen atoms in total. The quantitative estimate of drug-likeness (QED) is 0.682. The van der Waals surface area contributed by atoms with Crippen molar-refractivity contribution in [3.63, 3.8) is 0 Å². The summed E-state index contributed by atoms with van der Waals surface area (Å²) in [6.07, 6.45) is 2.50. The molecule has 0 aromatic carbocycles. The normalized spacial score (nSPS) is 17.1. The monoisotopic (exact) mass is 384 g/mol. The van der Waals surface area contributed by atoms with Crippen LogP contribution in [0, 0.1) is 6.92 Å². The van der Waals surface area contributed by atoms with E-state index in [0.29, 0.717) is 12.3 Å². The number of carbonyl (C=O) groups excluding carboxylic acids is 1. The topological polar surface area (TPSA) is 76.1 Å². The molecule has 2 N–H and O–H groups in total. The third-order valence-electron chi connectivity index (χ3n) is 3.65. The first-order valence-corrected chi connectivity index (χ1v) is 10.5. The predicted octanol–water partition coefficient (Wildman–Crippen LogP) is 2.91. The number of aryl methyl sites for hydroxylation is 1.